The van der Waals surface area contributed by atoms with E-state index in [0.29, 0.717) is 4.84 Å². The van der Waals surface area contributed by atoms with Crippen LogP contribution in [0, 0.1) is 4.84 Å². The Morgan fingerprint density at radius 3 is 2.64 bits per heavy atom. The van der Waals surface area contributed by atoms with E-state index in [1.807, 2.05) is 12.1 Å². The number of hydrogen-bond donors (Lipinski definition) is 1. The molecule has 2 aromatic rings. The summed E-state index contributed by atoms with van der Waals surface area (Å²) in [5.74, 6) is 0. The van der Waals surface area contributed by atoms with E-state index in [9.17, 15) is 0 Å². The number of benzene rings is 1. The van der Waals surface area contributed by atoms with Gasteiger partial charge in [0.2, 0.25) is 0 Å². The van der Waals surface area contributed by atoms with Crippen LogP contribution >= 0.6 is 12.2 Å². The molecule has 1 aromatic carbocycles. The van der Waals surface area contributed by atoms with Gasteiger partial charge in [-0.2, -0.15) is 0 Å². The summed E-state index contributed by atoms with van der Waals surface area (Å²) in [6.45, 7) is 6.53. The van der Waals surface area contributed by atoms with Crippen LogP contribution in [0.4, 0.5) is 0 Å². The number of rotatable bonds is 0. The molecule has 14 heavy (non-hydrogen) atoms. The van der Waals surface area contributed by atoms with Crippen LogP contribution in [0.2, 0.25) is 0 Å². The maximum atomic E-state index is 5.36. The number of nitrogens with one attached hydrogen (secondary N) is 1. The minimum atomic E-state index is 0.141. The van der Waals surface area contributed by atoms with Gasteiger partial charge in [0.05, 0.1) is 5.52 Å². The van der Waals surface area contributed by atoms with E-state index in [2.05, 4.69) is 31.8 Å². The van der Waals surface area contributed by atoms with Crippen molar-refractivity contribution in [2.24, 2.45) is 0 Å². The number of H-pyrrole nitrogens is 1. The van der Waals surface area contributed by atoms with Gasteiger partial charge in [0.25, 0.3) is 4.84 Å². The molecule has 0 saturated carbocycles. The van der Waals surface area contributed by atoms with Crippen LogP contribution in [-0.2, 0) is 5.41 Å². The first kappa shape index (κ1) is 9.46. The fourth-order valence-corrected chi connectivity index (χ4v) is 1.61. The van der Waals surface area contributed by atoms with Crippen molar-refractivity contribution >= 4 is 23.3 Å². The predicted octanol–water partition coefficient (Wildman–Crippen LogP) is 3.79. The third kappa shape index (κ3) is 1.60. The molecule has 0 spiro atoms. The molecule has 2 rings (SSSR count). The summed E-state index contributed by atoms with van der Waals surface area (Å²) in [6, 6.07) is 6.15. The third-order valence-electron chi connectivity index (χ3n) is 2.29. The van der Waals surface area contributed by atoms with Crippen LogP contribution < -0.4 is 0 Å². The smallest absolute Gasteiger partial charge is 0.266 e. The first-order valence-electron chi connectivity index (χ1n) is 4.60. The van der Waals surface area contributed by atoms with Gasteiger partial charge >= 0.3 is 0 Å². The molecule has 0 aliphatic heterocycles. The maximum absolute atomic E-state index is 5.36. The summed E-state index contributed by atoms with van der Waals surface area (Å²) >= 11 is 4.93. The first-order valence-corrected chi connectivity index (χ1v) is 5.01. The number of oxazole rings is 1. The van der Waals surface area contributed by atoms with Crippen molar-refractivity contribution in [3.8, 4) is 0 Å². The molecular formula is C11H13NOS. The molecular weight excluding hydrogens is 194 g/mol. The van der Waals surface area contributed by atoms with E-state index in [0.717, 1.165) is 11.1 Å². The van der Waals surface area contributed by atoms with Gasteiger partial charge in [0.15, 0.2) is 5.58 Å². The number of aromatic nitrogens is 1. The van der Waals surface area contributed by atoms with Gasteiger partial charge in [0.1, 0.15) is 0 Å². The first-order chi connectivity index (χ1) is 6.47. The zero-order chi connectivity index (χ0) is 10.3. The van der Waals surface area contributed by atoms with Crippen molar-refractivity contribution in [2.45, 2.75) is 26.2 Å². The lowest BCUT2D eigenvalue weighted by atomic mass is 9.87. The highest BCUT2D eigenvalue weighted by Gasteiger charge is 2.14. The van der Waals surface area contributed by atoms with E-state index in [-0.39, 0.29) is 5.41 Å². The normalized spacial score (nSPS) is 12.2. The quantitative estimate of drug-likeness (QED) is 0.666. The summed E-state index contributed by atoms with van der Waals surface area (Å²) in [6.07, 6.45) is 0. The Morgan fingerprint density at radius 2 is 2.00 bits per heavy atom. The van der Waals surface area contributed by atoms with Crippen molar-refractivity contribution in [1.29, 1.82) is 0 Å². The highest BCUT2D eigenvalue weighted by molar-refractivity contribution is 7.71. The Morgan fingerprint density at radius 1 is 1.29 bits per heavy atom. The van der Waals surface area contributed by atoms with Crippen LogP contribution in [0.3, 0.4) is 0 Å². The zero-order valence-electron chi connectivity index (χ0n) is 8.55. The van der Waals surface area contributed by atoms with E-state index in [4.69, 9.17) is 16.6 Å². The highest BCUT2D eigenvalue weighted by atomic mass is 32.1. The molecule has 0 atom stereocenters. The second-order valence-corrected chi connectivity index (χ2v) is 4.85. The molecule has 0 aliphatic carbocycles. The van der Waals surface area contributed by atoms with E-state index in [1.54, 1.807) is 0 Å². The van der Waals surface area contributed by atoms with Crippen LogP contribution in [0.5, 0.6) is 0 Å². The summed E-state index contributed by atoms with van der Waals surface area (Å²) < 4.78 is 5.36. The molecule has 1 aromatic heterocycles. The second-order valence-electron chi connectivity index (χ2n) is 4.48. The summed E-state index contributed by atoms with van der Waals surface area (Å²) in [5, 5.41) is 0. The van der Waals surface area contributed by atoms with Gasteiger partial charge in [-0.25, -0.2) is 0 Å². The second kappa shape index (κ2) is 2.95. The Balaban J connectivity index is 2.67. The van der Waals surface area contributed by atoms with Crippen molar-refractivity contribution < 1.29 is 4.42 Å². The lowest BCUT2D eigenvalue weighted by Crippen LogP contribution is -2.10. The van der Waals surface area contributed by atoms with E-state index >= 15 is 0 Å². The molecule has 0 saturated heterocycles. The van der Waals surface area contributed by atoms with Gasteiger partial charge in [0, 0.05) is 0 Å². The average Bonchev–Trinajstić information content (AvgIpc) is 2.41. The topological polar surface area (TPSA) is 28.9 Å². The fourth-order valence-electron chi connectivity index (χ4n) is 1.41. The largest absolute Gasteiger partial charge is 0.429 e. The maximum Gasteiger partial charge on any atom is 0.266 e. The Bertz CT molecular complexity index is 516. The van der Waals surface area contributed by atoms with Gasteiger partial charge in [-0.15, -0.1) is 0 Å². The number of fused-ring (bicyclic) bond motifs is 1. The summed E-state index contributed by atoms with van der Waals surface area (Å²) in [4.78, 5) is 3.42. The predicted molar refractivity (Wildman–Crippen MR) is 60.1 cm³/mol. The zero-order valence-corrected chi connectivity index (χ0v) is 9.37. The van der Waals surface area contributed by atoms with E-state index < -0.39 is 0 Å². The molecule has 0 fully saturated rings. The van der Waals surface area contributed by atoms with Crippen molar-refractivity contribution in [3.05, 3.63) is 28.6 Å². The number of aromatic amines is 1. The summed E-state index contributed by atoms with van der Waals surface area (Å²) in [5.41, 5.74) is 3.19. The van der Waals surface area contributed by atoms with Gasteiger partial charge in [-0.1, -0.05) is 26.8 Å². The molecule has 0 aliphatic rings. The molecule has 2 nitrogen and oxygen atoms in total. The van der Waals surface area contributed by atoms with E-state index in [1.165, 1.54) is 5.56 Å². The van der Waals surface area contributed by atoms with Gasteiger partial charge in [-0.05, 0) is 35.3 Å². The SMILES string of the molecule is CC(C)(C)c1ccc2[nH]c(=S)oc2c1. The van der Waals surface area contributed by atoms with Crippen LogP contribution in [0.1, 0.15) is 26.3 Å². The molecule has 1 N–H and O–H groups in total. The molecule has 3 heteroatoms. The van der Waals surface area contributed by atoms with Crippen molar-refractivity contribution in [2.75, 3.05) is 0 Å². The Labute approximate surface area is 87.9 Å². The lowest BCUT2D eigenvalue weighted by molar-refractivity contribution is 0.571. The average molecular weight is 207 g/mol. The third-order valence-corrected chi connectivity index (χ3v) is 2.47. The van der Waals surface area contributed by atoms with Crippen LogP contribution in [-0.4, -0.2) is 4.98 Å². The molecule has 0 amide bonds. The molecule has 74 valence electrons. The van der Waals surface area contributed by atoms with Gasteiger partial charge in [-0.3, -0.25) is 0 Å². The number of hydrogen-bond acceptors (Lipinski definition) is 2. The molecule has 1 heterocycles. The van der Waals surface area contributed by atoms with Crippen molar-refractivity contribution in [1.82, 2.24) is 4.98 Å². The van der Waals surface area contributed by atoms with Gasteiger partial charge < -0.3 is 9.40 Å². The summed E-state index contributed by atoms with van der Waals surface area (Å²) in [7, 11) is 0. The van der Waals surface area contributed by atoms with Crippen LogP contribution in [0.25, 0.3) is 11.1 Å². The minimum Gasteiger partial charge on any atom is -0.429 e. The van der Waals surface area contributed by atoms with Crippen molar-refractivity contribution in [3.63, 3.8) is 0 Å². The minimum absolute atomic E-state index is 0.141. The lowest BCUT2D eigenvalue weighted by Gasteiger charge is -2.18. The molecule has 0 unspecified atom stereocenters. The Kier molecular flexibility index (Phi) is 2.00. The molecule has 0 bridgehead atoms. The molecule has 0 radical (unpaired) electrons. The Hall–Kier alpha value is -1.09. The highest BCUT2D eigenvalue weighted by Crippen LogP contribution is 2.25. The van der Waals surface area contributed by atoms with Crippen LogP contribution in [0.15, 0.2) is 22.6 Å². The standard InChI is InChI=1S/C11H13NOS/c1-11(2,3)7-4-5-8-9(6-7)13-10(14)12-8/h4-6H,1-3H3,(H,12,14). The monoisotopic (exact) mass is 207 g/mol. The fraction of sp³-hybridized carbons (Fsp3) is 0.364.